The molecule has 1 N–H and O–H groups in total. The summed E-state index contributed by atoms with van der Waals surface area (Å²) < 4.78 is 5.60. The average molecular weight is 493 g/mol. The summed E-state index contributed by atoms with van der Waals surface area (Å²) in [5, 5.41) is 19.3. The van der Waals surface area contributed by atoms with Gasteiger partial charge in [-0.05, 0) is 51.5 Å². The van der Waals surface area contributed by atoms with Crippen LogP contribution in [0.25, 0.3) is 6.08 Å². The number of amides is 2. The molecule has 0 aromatic heterocycles. The summed E-state index contributed by atoms with van der Waals surface area (Å²) >= 11 is 4.01. The first-order chi connectivity index (χ1) is 14.3. The van der Waals surface area contributed by atoms with E-state index in [2.05, 4.69) is 15.9 Å². The Morgan fingerprint density at radius 1 is 1.27 bits per heavy atom. The van der Waals surface area contributed by atoms with Crippen molar-refractivity contribution in [2.75, 3.05) is 6.61 Å². The minimum absolute atomic E-state index is 0.165. The van der Waals surface area contributed by atoms with E-state index in [1.807, 2.05) is 0 Å². The molecule has 30 heavy (non-hydrogen) atoms. The number of hydrogen-bond acceptors (Lipinski definition) is 7. The fourth-order valence-electron chi connectivity index (χ4n) is 2.64. The molecule has 11 heteroatoms. The average Bonchev–Trinajstić information content (AvgIpc) is 2.95. The number of carbonyl (C=O) groups excluding carboxylic acids is 2. The number of carboxylic acids is 1. The van der Waals surface area contributed by atoms with Crippen LogP contribution in [-0.4, -0.2) is 38.7 Å². The lowest BCUT2D eigenvalue weighted by molar-refractivity contribution is -0.385. The second-order valence-corrected chi connectivity index (χ2v) is 7.87. The third kappa shape index (κ3) is 4.86. The molecule has 1 aliphatic heterocycles. The van der Waals surface area contributed by atoms with Gasteiger partial charge in [-0.1, -0.05) is 24.3 Å². The van der Waals surface area contributed by atoms with Crippen molar-refractivity contribution in [1.29, 1.82) is 0 Å². The third-order valence-corrected chi connectivity index (χ3v) is 5.52. The number of nitro groups is 1. The number of hydrogen-bond donors (Lipinski definition) is 1. The van der Waals surface area contributed by atoms with Crippen LogP contribution in [0.2, 0.25) is 0 Å². The molecule has 0 aliphatic carbocycles. The number of thioether (sulfide) groups is 1. The Labute approximate surface area is 182 Å². The van der Waals surface area contributed by atoms with Gasteiger partial charge in [-0.3, -0.25) is 24.6 Å². The van der Waals surface area contributed by atoms with Gasteiger partial charge in [-0.2, -0.15) is 0 Å². The smallest absolute Gasteiger partial charge is 0.341 e. The van der Waals surface area contributed by atoms with E-state index in [0.29, 0.717) is 15.8 Å². The Hall–Kier alpha value is -3.18. The molecule has 1 fully saturated rings. The number of carbonyl (C=O) groups is 3. The number of aliphatic carboxylic acids is 1. The first-order valence-corrected chi connectivity index (χ1v) is 9.99. The van der Waals surface area contributed by atoms with E-state index >= 15 is 0 Å². The van der Waals surface area contributed by atoms with E-state index in [9.17, 15) is 24.5 Å². The van der Waals surface area contributed by atoms with Gasteiger partial charge in [0.2, 0.25) is 0 Å². The number of nitrogens with zero attached hydrogens (tertiary/aromatic N) is 2. The Morgan fingerprint density at radius 2 is 2.00 bits per heavy atom. The summed E-state index contributed by atoms with van der Waals surface area (Å²) in [7, 11) is 0. The second-order valence-electron chi connectivity index (χ2n) is 6.03. The number of benzene rings is 2. The highest BCUT2D eigenvalue weighted by atomic mass is 79.9. The van der Waals surface area contributed by atoms with Gasteiger partial charge >= 0.3 is 5.97 Å². The zero-order valence-corrected chi connectivity index (χ0v) is 17.5. The van der Waals surface area contributed by atoms with E-state index < -0.39 is 28.6 Å². The SMILES string of the molecule is O=C(O)COc1ccc(/C=C2\SC(=O)N(Cc3ccccc3[N+](=O)[O-])C2=O)cc1Br. The van der Waals surface area contributed by atoms with E-state index in [0.717, 1.165) is 16.7 Å². The molecular weight excluding hydrogens is 480 g/mol. The van der Waals surface area contributed by atoms with Crippen molar-refractivity contribution in [2.24, 2.45) is 0 Å². The first-order valence-electron chi connectivity index (χ1n) is 8.38. The molecule has 0 spiro atoms. The highest BCUT2D eigenvalue weighted by molar-refractivity contribution is 9.10. The number of halogens is 1. The molecule has 154 valence electrons. The van der Waals surface area contributed by atoms with Crippen LogP contribution < -0.4 is 4.74 Å². The van der Waals surface area contributed by atoms with Crippen LogP contribution in [0.4, 0.5) is 10.5 Å². The maximum absolute atomic E-state index is 12.7. The van der Waals surface area contributed by atoms with E-state index in [1.165, 1.54) is 30.3 Å². The van der Waals surface area contributed by atoms with Crippen LogP contribution >= 0.6 is 27.7 Å². The van der Waals surface area contributed by atoms with E-state index in [1.54, 1.807) is 18.2 Å². The summed E-state index contributed by atoms with van der Waals surface area (Å²) in [6.07, 6.45) is 1.51. The first kappa shape index (κ1) is 21.5. The van der Waals surface area contributed by atoms with Crippen molar-refractivity contribution in [3.05, 3.63) is 73.1 Å². The van der Waals surface area contributed by atoms with Gasteiger partial charge < -0.3 is 9.84 Å². The molecule has 2 aromatic carbocycles. The summed E-state index contributed by atoms with van der Waals surface area (Å²) in [6.45, 7) is -0.701. The summed E-state index contributed by atoms with van der Waals surface area (Å²) in [6, 6.07) is 10.7. The van der Waals surface area contributed by atoms with Crippen LogP contribution in [0.15, 0.2) is 51.8 Å². The molecule has 9 nitrogen and oxygen atoms in total. The lowest BCUT2D eigenvalue weighted by Gasteiger charge is -2.12. The fourth-order valence-corrected chi connectivity index (χ4v) is 3.99. The maximum Gasteiger partial charge on any atom is 0.341 e. The number of rotatable bonds is 7. The normalized spacial score (nSPS) is 15.0. The molecule has 2 aromatic rings. The van der Waals surface area contributed by atoms with Gasteiger partial charge in [0.05, 0.1) is 20.8 Å². The van der Waals surface area contributed by atoms with Crippen molar-refractivity contribution in [2.45, 2.75) is 6.54 Å². The quantitative estimate of drug-likeness (QED) is 0.348. The van der Waals surface area contributed by atoms with Crippen LogP contribution in [0.5, 0.6) is 5.75 Å². The molecular formula is C19H13BrN2O7S. The van der Waals surface area contributed by atoms with Crippen LogP contribution in [-0.2, 0) is 16.1 Å². The number of imide groups is 1. The number of carboxylic acid groups (broad SMARTS) is 1. The van der Waals surface area contributed by atoms with Gasteiger partial charge in [0.15, 0.2) is 6.61 Å². The molecule has 0 bridgehead atoms. The van der Waals surface area contributed by atoms with Gasteiger partial charge in [0, 0.05) is 11.6 Å². The third-order valence-electron chi connectivity index (χ3n) is 4.00. The summed E-state index contributed by atoms with van der Waals surface area (Å²) in [4.78, 5) is 47.3. The lowest BCUT2D eigenvalue weighted by Crippen LogP contribution is -2.27. The van der Waals surface area contributed by atoms with Crippen molar-refractivity contribution in [3.63, 3.8) is 0 Å². The second kappa shape index (κ2) is 9.09. The number of nitro benzene ring substituents is 1. The Kier molecular flexibility index (Phi) is 6.53. The molecule has 0 saturated carbocycles. The van der Waals surface area contributed by atoms with Crippen LogP contribution in [0, 0.1) is 10.1 Å². The van der Waals surface area contributed by atoms with Crippen molar-refractivity contribution < 1.29 is 29.2 Å². The molecule has 1 heterocycles. The van der Waals surface area contributed by atoms with Crippen molar-refractivity contribution in [3.8, 4) is 5.75 Å². The predicted octanol–water partition coefficient (Wildman–Crippen LogP) is 4.06. The molecule has 0 unspecified atom stereocenters. The number of para-hydroxylation sites is 1. The van der Waals surface area contributed by atoms with Gasteiger partial charge in [-0.15, -0.1) is 0 Å². The molecule has 3 rings (SSSR count). The highest BCUT2D eigenvalue weighted by Gasteiger charge is 2.36. The monoisotopic (exact) mass is 492 g/mol. The summed E-state index contributed by atoms with van der Waals surface area (Å²) in [5.41, 5.74) is 0.677. The van der Waals surface area contributed by atoms with Gasteiger partial charge in [0.1, 0.15) is 5.75 Å². The molecule has 2 amide bonds. The summed E-state index contributed by atoms with van der Waals surface area (Å²) in [5.74, 6) is -1.34. The Bertz CT molecular complexity index is 1090. The minimum Gasteiger partial charge on any atom is -0.481 e. The zero-order valence-electron chi connectivity index (χ0n) is 15.1. The molecule has 0 radical (unpaired) electrons. The molecule has 0 atom stereocenters. The lowest BCUT2D eigenvalue weighted by atomic mass is 10.1. The Morgan fingerprint density at radius 3 is 2.67 bits per heavy atom. The van der Waals surface area contributed by atoms with E-state index in [4.69, 9.17) is 9.84 Å². The zero-order chi connectivity index (χ0) is 21.8. The van der Waals surface area contributed by atoms with E-state index in [-0.39, 0.29) is 22.7 Å². The molecule has 1 aliphatic rings. The van der Waals surface area contributed by atoms with Crippen molar-refractivity contribution >= 4 is 56.6 Å². The van der Waals surface area contributed by atoms with Crippen LogP contribution in [0.1, 0.15) is 11.1 Å². The largest absolute Gasteiger partial charge is 0.481 e. The Balaban J connectivity index is 1.79. The van der Waals surface area contributed by atoms with Crippen molar-refractivity contribution in [1.82, 2.24) is 4.90 Å². The van der Waals surface area contributed by atoms with Crippen LogP contribution in [0.3, 0.4) is 0 Å². The minimum atomic E-state index is -1.11. The standard InChI is InChI=1S/C19H13BrN2O7S/c20-13-7-11(5-6-15(13)29-10-17(23)24)8-16-18(25)21(19(26)30-16)9-12-3-1-2-4-14(12)22(27)28/h1-8H,9-10H2,(H,23,24)/b16-8-. The fraction of sp³-hybridized carbons (Fsp3) is 0.105. The predicted molar refractivity (Wildman–Crippen MR) is 112 cm³/mol. The van der Waals surface area contributed by atoms with Gasteiger partial charge in [-0.25, -0.2) is 4.79 Å². The number of ether oxygens (including phenoxy) is 1. The topological polar surface area (TPSA) is 127 Å². The molecule has 1 saturated heterocycles. The maximum atomic E-state index is 12.7. The van der Waals surface area contributed by atoms with Gasteiger partial charge in [0.25, 0.3) is 16.8 Å². The highest BCUT2D eigenvalue weighted by Crippen LogP contribution is 2.35.